The Morgan fingerprint density at radius 2 is 1.94 bits per heavy atom. The van der Waals surface area contributed by atoms with Crippen molar-refractivity contribution >= 4 is 34.6 Å². The van der Waals surface area contributed by atoms with Gasteiger partial charge in [-0.25, -0.2) is 14.4 Å². The van der Waals surface area contributed by atoms with Crippen LogP contribution >= 0.6 is 0 Å². The molecule has 1 fully saturated rings. The summed E-state index contributed by atoms with van der Waals surface area (Å²) in [7, 11) is 1.53. The van der Waals surface area contributed by atoms with Crippen LogP contribution in [0.4, 0.5) is 21.7 Å². The summed E-state index contributed by atoms with van der Waals surface area (Å²) in [6.45, 7) is 7.70. The molecule has 0 unspecified atom stereocenters. The van der Waals surface area contributed by atoms with Crippen molar-refractivity contribution in [2.45, 2.75) is 13.3 Å². The van der Waals surface area contributed by atoms with Gasteiger partial charge in [0, 0.05) is 44.0 Å². The lowest BCUT2D eigenvalue weighted by Gasteiger charge is -2.29. The number of rotatable bonds is 8. The number of hydrogen-bond acceptors (Lipinski definition) is 7. The van der Waals surface area contributed by atoms with Gasteiger partial charge < -0.3 is 20.3 Å². The molecule has 2 heterocycles. The fourth-order valence-electron chi connectivity index (χ4n) is 3.97. The van der Waals surface area contributed by atoms with E-state index in [1.165, 1.54) is 26.2 Å². The third kappa shape index (κ3) is 5.75. The van der Waals surface area contributed by atoms with Crippen molar-refractivity contribution in [1.29, 1.82) is 0 Å². The van der Waals surface area contributed by atoms with Crippen molar-refractivity contribution in [3.63, 3.8) is 0 Å². The Morgan fingerprint density at radius 1 is 1.17 bits per heavy atom. The molecular formula is C27H28FN5O3. The number of nitrogens with zero attached hydrogens (tertiary/aromatic N) is 3. The second kappa shape index (κ2) is 11.1. The zero-order chi connectivity index (χ0) is 25.7. The highest BCUT2D eigenvalue weighted by atomic mass is 19.1. The Hall–Kier alpha value is -4.11. The first-order chi connectivity index (χ1) is 17.4. The molecule has 3 aromatic rings. The van der Waals surface area contributed by atoms with E-state index in [0.29, 0.717) is 65.6 Å². The molecule has 0 atom stereocenters. The van der Waals surface area contributed by atoms with Gasteiger partial charge in [-0.1, -0.05) is 24.8 Å². The average Bonchev–Trinajstić information content (AvgIpc) is 2.88. The Morgan fingerprint density at radius 3 is 2.64 bits per heavy atom. The number of anilines is 3. The number of benzene rings is 2. The predicted molar refractivity (Wildman–Crippen MR) is 137 cm³/mol. The number of halogens is 1. The van der Waals surface area contributed by atoms with Crippen LogP contribution in [0.1, 0.15) is 34.1 Å². The van der Waals surface area contributed by atoms with E-state index in [9.17, 15) is 14.0 Å². The summed E-state index contributed by atoms with van der Waals surface area (Å²) in [5.74, 6) is -0.506. The molecule has 0 radical (unpaired) electrons. The van der Waals surface area contributed by atoms with Gasteiger partial charge >= 0.3 is 0 Å². The highest BCUT2D eigenvalue weighted by molar-refractivity contribution is 6.18. The number of morpholine rings is 1. The largest absolute Gasteiger partial charge is 0.378 e. The molecule has 2 aromatic carbocycles. The molecule has 0 spiro atoms. The average molecular weight is 490 g/mol. The van der Waals surface area contributed by atoms with E-state index in [4.69, 9.17) is 4.74 Å². The van der Waals surface area contributed by atoms with E-state index < -0.39 is 0 Å². The molecule has 8 nitrogen and oxygen atoms in total. The monoisotopic (exact) mass is 489 g/mol. The van der Waals surface area contributed by atoms with Gasteiger partial charge in [0.25, 0.3) is 5.91 Å². The molecule has 1 aliphatic rings. The quantitative estimate of drug-likeness (QED) is 0.465. The predicted octanol–water partition coefficient (Wildman–Crippen LogP) is 3.75. The number of hydrogen-bond donors (Lipinski definition) is 2. The molecule has 0 aliphatic carbocycles. The summed E-state index contributed by atoms with van der Waals surface area (Å²) in [6, 6.07) is 12.3. The lowest BCUT2D eigenvalue weighted by atomic mass is 10.0. The van der Waals surface area contributed by atoms with Crippen molar-refractivity contribution in [3.8, 4) is 0 Å². The molecule has 186 valence electrons. The second-order valence-corrected chi connectivity index (χ2v) is 8.44. The maximum atomic E-state index is 15.0. The molecule has 0 bridgehead atoms. The van der Waals surface area contributed by atoms with Gasteiger partial charge in [0.05, 0.1) is 30.2 Å². The van der Waals surface area contributed by atoms with Crippen LogP contribution in [-0.4, -0.2) is 55.0 Å². The van der Waals surface area contributed by atoms with Crippen LogP contribution in [0, 0.1) is 5.82 Å². The summed E-state index contributed by atoms with van der Waals surface area (Å²) in [5, 5.41) is 5.71. The van der Waals surface area contributed by atoms with Crippen molar-refractivity contribution in [2.24, 2.45) is 0 Å². The topological polar surface area (TPSA) is 96.5 Å². The van der Waals surface area contributed by atoms with E-state index in [1.54, 1.807) is 24.3 Å². The molecule has 1 saturated heterocycles. The fraction of sp³-hybridized carbons (Fsp3) is 0.259. The fourth-order valence-corrected chi connectivity index (χ4v) is 3.97. The molecule has 1 aromatic heterocycles. The minimum atomic E-state index is -0.332. The molecule has 4 rings (SSSR count). The maximum Gasteiger partial charge on any atom is 0.254 e. The molecule has 9 heteroatoms. The van der Waals surface area contributed by atoms with Gasteiger partial charge in [-0.05, 0) is 42.3 Å². The van der Waals surface area contributed by atoms with Crippen LogP contribution in [0.15, 0.2) is 55.2 Å². The van der Waals surface area contributed by atoms with E-state index in [-0.39, 0.29) is 29.9 Å². The first-order valence-corrected chi connectivity index (χ1v) is 11.6. The van der Waals surface area contributed by atoms with Crippen molar-refractivity contribution in [2.75, 3.05) is 43.6 Å². The zero-order valence-electron chi connectivity index (χ0n) is 20.3. The Bertz CT molecular complexity index is 1300. The number of allylic oxidation sites excluding steroid dienone is 1. The van der Waals surface area contributed by atoms with Crippen molar-refractivity contribution in [3.05, 3.63) is 83.4 Å². The van der Waals surface area contributed by atoms with E-state index in [1.807, 2.05) is 17.0 Å². The minimum Gasteiger partial charge on any atom is -0.378 e. The number of carbonyl (C=O) groups excluding carboxylic acids is 2. The Balaban J connectivity index is 1.60. The van der Waals surface area contributed by atoms with Crippen LogP contribution in [0.2, 0.25) is 0 Å². The number of carbonyl (C=O) groups is 2. The van der Waals surface area contributed by atoms with Gasteiger partial charge in [0.2, 0.25) is 5.95 Å². The first kappa shape index (κ1) is 25.0. The summed E-state index contributed by atoms with van der Waals surface area (Å²) in [6.07, 6.45) is 1.68. The van der Waals surface area contributed by atoms with Crippen LogP contribution < -0.4 is 15.5 Å². The molecule has 2 N–H and O–H groups in total. The molecule has 1 aliphatic heterocycles. The maximum absolute atomic E-state index is 15.0. The highest BCUT2D eigenvalue weighted by Gasteiger charge is 2.18. The lowest BCUT2D eigenvalue weighted by molar-refractivity contribution is -0.111. The standard InChI is InChI=1S/C27H28FN5O3/c1-17(18(2)34)20-5-4-6-21(15-20)31-27-30-16-22(26(35)29-3)24(32-27)14-19-7-8-25(23(28)13-19)33-9-11-36-12-10-33/h4-8,13,15-16H,1,9-12,14H2,2-3H3,(H,29,35)(H,30,31,32). The SMILES string of the molecule is C=C(C(C)=O)c1cccc(Nc2ncc(C(=O)NC)c(Cc3ccc(N4CCOCC4)c(F)c3)n2)c1. The molecule has 1 amide bonds. The number of amides is 1. The highest BCUT2D eigenvalue weighted by Crippen LogP contribution is 2.25. The Labute approximate surface area is 209 Å². The summed E-state index contributed by atoms with van der Waals surface area (Å²) >= 11 is 0. The molecular weight excluding hydrogens is 461 g/mol. The number of nitrogens with one attached hydrogen (secondary N) is 2. The van der Waals surface area contributed by atoms with Gasteiger partial charge in [0.1, 0.15) is 5.82 Å². The zero-order valence-corrected chi connectivity index (χ0v) is 20.3. The van der Waals surface area contributed by atoms with E-state index in [0.717, 1.165) is 0 Å². The number of aromatic nitrogens is 2. The van der Waals surface area contributed by atoms with Crippen LogP contribution in [-0.2, 0) is 16.0 Å². The summed E-state index contributed by atoms with van der Waals surface area (Å²) in [5.41, 5.74) is 3.72. The molecule has 36 heavy (non-hydrogen) atoms. The van der Waals surface area contributed by atoms with Crippen molar-refractivity contribution < 1.29 is 18.7 Å². The second-order valence-electron chi connectivity index (χ2n) is 8.44. The summed E-state index contributed by atoms with van der Waals surface area (Å²) < 4.78 is 20.3. The van der Waals surface area contributed by atoms with Gasteiger partial charge in [-0.3, -0.25) is 9.59 Å². The number of ketones is 1. The van der Waals surface area contributed by atoms with Gasteiger partial charge in [0.15, 0.2) is 5.78 Å². The van der Waals surface area contributed by atoms with Crippen molar-refractivity contribution in [1.82, 2.24) is 15.3 Å². The smallest absolute Gasteiger partial charge is 0.254 e. The van der Waals surface area contributed by atoms with Crippen LogP contribution in [0.5, 0.6) is 0 Å². The van der Waals surface area contributed by atoms with Crippen LogP contribution in [0.3, 0.4) is 0 Å². The van der Waals surface area contributed by atoms with Gasteiger partial charge in [-0.15, -0.1) is 0 Å². The van der Waals surface area contributed by atoms with Crippen LogP contribution in [0.25, 0.3) is 5.57 Å². The first-order valence-electron chi connectivity index (χ1n) is 11.6. The normalized spacial score (nSPS) is 13.2. The van der Waals surface area contributed by atoms with E-state index >= 15 is 0 Å². The summed E-state index contributed by atoms with van der Waals surface area (Å²) in [4.78, 5) is 34.9. The minimum absolute atomic E-state index is 0.118. The van der Waals surface area contributed by atoms with Gasteiger partial charge in [-0.2, -0.15) is 0 Å². The van der Waals surface area contributed by atoms with E-state index in [2.05, 4.69) is 27.2 Å². The molecule has 0 saturated carbocycles. The number of Topliss-reactive ketones (excluding diaryl/α,β-unsaturated/α-hetero) is 1. The number of ether oxygens (including phenoxy) is 1. The third-order valence-electron chi connectivity index (χ3n) is 5.97. The lowest BCUT2D eigenvalue weighted by Crippen LogP contribution is -2.36. The third-order valence-corrected chi connectivity index (χ3v) is 5.97. The Kier molecular flexibility index (Phi) is 7.70.